The van der Waals surface area contributed by atoms with Gasteiger partial charge in [-0.2, -0.15) is 0 Å². The maximum absolute atomic E-state index is 11.4. The molecule has 2 N–H and O–H groups in total. The molecule has 0 aliphatic heterocycles. The minimum atomic E-state index is -1.79. The molecule has 0 saturated heterocycles. The van der Waals surface area contributed by atoms with Gasteiger partial charge in [0.05, 0.1) is 0 Å². The number of hydrogen-bond acceptors (Lipinski definition) is 2. The molecule has 0 aliphatic carbocycles. The SMILES string of the molecule is CC(C)(C)C(C(=O)O)(C(=O)O)C(C)(C)C.[H-].[K+]. The first-order valence-electron chi connectivity index (χ1n) is 4.86. The topological polar surface area (TPSA) is 74.6 Å². The van der Waals surface area contributed by atoms with E-state index in [1.165, 1.54) is 0 Å². The van der Waals surface area contributed by atoms with Crippen molar-refractivity contribution < 1.29 is 72.6 Å². The molecule has 90 valence electrons. The van der Waals surface area contributed by atoms with Crippen LogP contribution in [-0.4, -0.2) is 22.2 Å². The second kappa shape index (κ2) is 5.48. The summed E-state index contributed by atoms with van der Waals surface area (Å²) in [4.78, 5) is 22.8. The number of carboxylic acids is 2. The smallest absolute Gasteiger partial charge is 1.00 e. The monoisotopic (exact) mass is 256 g/mol. The number of carbonyl (C=O) groups is 2. The van der Waals surface area contributed by atoms with Crippen molar-refractivity contribution in [3.8, 4) is 0 Å². The molecular formula is C11H21KO4. The minimum Gasteiger partial charge on any atom is -1.00 e. The Morgan fingerprint density at radius 1 is 0.812 bits per heavy atom. The largest absolute Gasteiger partial charge is 1.00 e. The molecule has 16 heavy (non-hydrogen) atoms. The summed E-state index contributed by atoms with van der Waals surface area (Å²) in [6.45, 7) is 9.84. The fourth-order valence-corrected chi connectivity index (χ4v) is 2.50. The summed E-state index contributed by atoms with van der Waals surface area (Å²) >= 11 is 0. The third-order valence-corrected chi connectivity index (χ3v) is 2.89. The third-order valence-electron chi connectivity index (χ3n) is 2.89. The van der Waals surface area contributed by atoms with Crippen LogP contribution in [0.25, 0.3) is 0 Å². The van der Waals surface area contributed by atoms with Gasteiger partial charge in [0, 0.05) is 0 Å². The molecule has 0 aromatic rings. The van der Waals surface area contributed by atoms with Gasteiger partial charge in [-0.25, -0.2) is 0 Å². The molecule has 0 rings (SSSR count). The van der Waals surface area contributed by atoms with E-state index in [4.69, 9.17) is 0 Å². The van der Waals surface area contributed by atoms with Crippen LogP contribution in [0.3, 0.4) is 0 Å². The van der Waals surface area contributed by atoms with Gasteiger partial charge in [-0.1, -0.05) is 41.5 Å². The Morgan fingerprint density at radius 3 is 1.00 bits per heavy atom. The van der Waals surface area contributed by atoms with Crippen molar-refractivity contribution in [3.63, 3.8) is 0 Å². The summed E-state index contributed by atoms with van der Waals surface area (Å²) < 4.78 is 0. The second-order valence-corrected chi connectivity index (χ2v) is 5.86. The standard InChI is InChI=1S/C11H20O4.K.H/c1-9(2,3)11(7(12)13,8(14)15)10(4,5)6;;/h1-6H3,(H,12,13)(H,14,15);;/q;+1;-1. The molecular weight excluding hydrogens is 235 g/mol. The van der Waals surface area contributed by atoms with E-state index in [9.17, 15) is 19.8 Å². The van der Waals surface area contributed by atoms with Gasteiger partial charge in [-0.15, -0.1) is 0 Å². The Bertz CT molecular complexity index is 259. The molecule has 0 amide bonds. The average Bonchev–Trinajstić information content (AvgIpc) is 1.75. The summed E-state index contributed by atoms with van der Waals surface area (Å²) in [6.07, 6.45) is 0. The van der Waals surface area contributed by atoms with E-state index in [1.807, 2.05) is 0 Å². The molecule has 0 heterocycles. The van der Waals surface area contributed by atoms with E-state index >= 15 is 0 Å². The van der Waals surface area contributed by atoms with Crippen LogP contribution < -0.4 is 51.4 Å². The first-order valence-corrected chi connectivity index (χ1v) is 4.86. The minimum absolute atomic E-state index is 0. The number of hydrogen-bond donors (Lipinski definition) is 2. The van der Waals surface area contributed by atoms with Crippen LogP contribution in [0.1, 0.15) is 43.0 Å². The van der Waals surface area contributed by atoms with Crippen LogP contribution in [0.15, 0.2) is 0 Å². The maximum Gasteiger partial charge on any atom is 1.00 e. The van der Waals surface area contributed by atoms with Crippen LogP contribution in [0, 0.1) is 16.2 Å². The van der Waals surface area contributed by atoms with Crippen LogP contribution in [0.4, 0.5) is 0 Å². The molecule has 5 heteroatoms. The predicted octanol–water partition coefficient (Wildman–Crippen LogP) is -0.649. The van der Waals surface area contributed by atoms with Crippen molar-refractivity contribution in [1.82, 2.24) is 0 Å². The van der Waals surface area contributed by atoms with E-state index in [0.717, 1.165) is 0 Å². The van der Waals surface area contributed by atoms with Gasteiger partial charge in [0.15, 0.2) is 5.41 Å². The molecule has 0 atom stereocenters. The Balaban J connectivity index is -0.000000980. The van der Waals surface area contributed by atoms with Crippen molar-refractivity contribution in [3.05, 3.63) is 0 Å². The van der Waals surface area contributed by atoms with Gasteiger partial charge >= 0.3 is 63.3 Å². The Labute approximate surface area is 141 Å². The predicted molar refractivity (Wildman–Crippen MR) is 57.7 cm³/mol. The summed E-state index contributed by atoms with van der Waals surface area (Å²) in [5.41, 5.74) is -3.51. The molecule has 0 unspecified atom stereocenters. The fourth-order valence-electron chi connectivity index (χ4n) is 2.50. The fraction of sp³-hybridized carbons (Fsp3) is 0.818. The van der Waals surface area contributed by atoms with Gasteiger partial charge in [-0.3, -0.25) is 9.59 Å². The molecule has 0 saturated carbocycles. The number of rotatable bonds is 2. The van der Waals surface area contributed by atoms with Gasteiger partial charge in [-0.05, 0) is 10.8 Å². The molecule has 0 radical (unpaired) electrons. The summed E-state index contributed by atoms with van der Waals surface area (Å²) in [6, 6.07) is 0. The summed E-state index contributed by atoms with van der Waals surface area (Å²) in [5, 5.41) is 18.6. The molecule has 0 fully saturated rings. The van der Waals surface area contributed by atoms with Gasteiger partial charge < -0.3 is 11.6 Å². The van der Waals surface area contributed by atoms with E-state index in [-0.39, 0.29) is 52.8 Å². The van der Waals surface area contributed by atoms with Gasteiger partial charge in [0.25, 0.3) is 0 Å². The van der Waals surface area contributed by atoms with E-state index in [2.05, 4.69) is 0 Å². The quantitative estimate of drug-likeness (QED) is 0.509. The normalized spacial score (nSPS) is 12.9. The molecule has 0 aromatic carbocycles. The van der Waals surface area contributed by atoms with Crippen LogP contribution >= 0.6 is 0 Å². The Hall–Kier alpha value is 0.576. The zero-order chi connectivity index (χ0) is 12.7. The van der Waals surface area contributed by atoms with E-state index < -0.39 is 28.2 Å². The summed E-state index contributed by atoms with van der Waals surface area (Å²) in [7, 11) is 0. The number of aliphatic carboxylic acids is 2. The first kappa shape index (κ1) is 18.9. The maximum atomic E-state index is 11.4. The van der Waals surface area contributed by atoms with Crippen molar-refractivity contribution in [2.45, 2.75) is 41.5 Å². The third kappa shape index (κ3) is 2.87. The van der Waals surface area contributed by atoms with Crippen molar-refractivity contribution >= 4 is 11.9 Å². The first-order chi connectivity index (χ1) is 6.39. The summed E-state index contributed by atoms with van der Waals surface area (Å²) in [5.74, 6) is -2.56. The molecule has 4 nitrogen and oxygen atoms in total. The van der Waals surface area contributed by atoms with Gasteiger partial charge in [0.1, 0.15) is 0 Å². The van der Waals surface area contributed by atoms with Gasteiger partial charge in [0.2, 0.25) is 0 Å². The second-order valence-electron chi connectivity index (χ2n) is 5.86. The molecule has 0 bridgehead atoms. The van der Waals surface area contributed by atoms with Crippen LogP contribution in [0.5, 0.6) is 0 Å². The van der Waals surface area contributed by atoms with Crippen molar-refractivity contribution in [2.24, 2.45) is 16.2 Å². The molecule has 0 aromatic heterocycles. The van der Waals surface area contributed by atoms with Crippen molar-refractivity contribution in [2.75, 3.05) is 0 Å². The van der Waals surface area contributed by atoms with E-state index in [1.54, 1.807) is 41.5 Å². The zero-order valence-corrected chi connectivity index (χ0v) is 14.3. The number of carboxylic acid groups (broad SMARTS) is 2. The Kier molecular flexibility index (Phi) is 6.48. The molecule has 0 aliphatic rings. The Morgan fingerprint density at radius 2 is 1.00 bits per heavy atom. The average molecular weight is 256 g/mol. The van der Waals surface area contributed by atoms with Crippen LogP contribution in [0.2, 0.25) is 0 Å². The zero-order valence-electron chi connectivity index (χ0n) is 12.2. The van der Waals surface area contributed by atoms with Crippen molar-refractivity contribution in [1.29, 1.82) is 0 Å². The van der Waals surface area contributed by atoms with Crippen LogP contribution in [-0.2, 0) is 9.59 Å². The van der Waals surface area contributed by atoms with E-state index in [0.29, 0.717) is 0 Å². The molecule has 0 spiro atoms.